The van der Waals surface area contributed by atoms with Crippen molar-refractivity contribution in [3.63, 3.8) is 0 Å². The number of pyridine rings is 2. The van der Waals surface area contributed by atoms with Crippen LogP contribution in [0.2, 0.25) is 5.02 Å². The predicted molar refractivity (Wildman–Crippen MR) is 142 cm³/mol. The lowest BCUT2D eigenvalue weighted by Crippen LogP contribution is -2.57. The monoisotopic (exact) mass is 533 g/mol. The Kier molecular flexibility index (Phi) is 7.08. The summed E-state index contributed by atoms with van der Waals surface area (Å²) in [6.45, 7) is 5.61. The minimum Gasteiger partial charge on any atom is -0.384 e. The van der Waals surface area contributed by atoms with Gasteiger partial charge in [-0.15, -0.1) is 0 Å². The standard InChI is InChI=1S/C29H29ClFN5O2/c1-18-14-36(15-19(2)29(18,38)21-4-7-23(31)8-5-21)28(37)25-17-35(27-10-3-20(11-32)12-34-27)16-24(25)26-9-6-22(30)13-33-26/h3-10,12-13,18-19,24-25,38H,14-17H2,1-2H3/t18-,19+,24-,25-,29?/m1/s1. The minimum atomic E-state index is -1.17. The third kappa shape index (κ3) is 4.72. The van der Waals surface area contributed by atoms with E-state index in [1.54, 1.807) is 36.5 Å². The van der Waals surface area contributed by atoms with Crippen molar-refractivity contribution in [3.05, 3.63) is 88.6 Å². The normalized spacial score (nSPS) is 27.3. The van der Waals surface area contributed by atoms with E-state index in [4.69, 9.17) is 16.9 Å². The van der Waals surface area contributed by atoms with Crippen molar-refractivity contribution in [1.82, 2.24) is 14.9 Å². The van der Waals surface area contributed by atoms with Gasteiger partial charge in [0.1, 0.15) is 17.7 Å². The first-order valence-electron chi connectivity index (χ1n) is 12.7. The third-order valence-electron chi connectivity index (χ3n) is 8.08. The number of aliphatic hydroxyl groups is 1. The average molecular weight is 534 g/mol. The molecule has 2 aliphatic rings. The number of hydrogen-bond acceptors (Lipinski definition) is 6. The van der Waals surface area contributed by atoms with E-state index in [-0.39, 0.29) is 35.4 Å². The van der Waals surface area contributed by atoms with Crippen molar-refractivity contribution in [3.8, 4) is 6.07 Å². The Hall–Kier alpha value is -3.54. The molecule has 2 aromatic heterocycles. The Morgan fingerprint density at radius 1 is 1.03 bits per heavy atom. The molecule has 9 heteroatoms. The molecule has 0 aliphatic carbocycles. The van der Waals surface area contributed by atoms with Crippen LogP contribution in [-0.2, 0) is 10.4 Å². The number of piperidine rings is 1. The molecular formula is C29H29ClFN5O2. The molecule has 38 heavy (non-hydrogen) atoms. The summed E-state index contributed by atoms with van der Waals surface area (Å²) < 4.78 is 13.5. The second kappa shape index (κ2) is 10.3. The molecule has 2 aliphatic heterocycles. The SMILES string of the molecule is C[C@@H]1CN(C(=O)[C@@H]2CN(c3ccc(C#N)cn3)C[C@H]2c2ccc(Cl)cn2)C[C@H](C)C1(O)c1ccc(F)cc1. The number of halogens is 2. The fourth-order valence-corrected chi connectivity index (χ4v) is 6.10. The molecule has 5 atom stereocenters. The number of likely N-dealkylation sites (tertiary alicyclic amines) is 1. The zero-order valence-corrected chi connectivity index (χ0v) is 22.0. The van der Waals surface area contributed by atoms with Crippen LogP contribution >= 0.6 is 11.6 Å². The summed E-state index contributed by atoms with van der Waals surface area (Å²) in [7, 11) is 0. The van der Waals surface area contributed by atoms with E-state index in [1.807, 2.05) is 24.8 Å². The van der Waals surface area contributed by atoms with Crippen molar-refractivity contribution in [2.75, 3.05) is 31.1 Å². The van der Waals surface area contributed by atoms with Gasteiger partial charge in [-0.1, -0.05) is 37.6 Å². The Bertz CT molecular complexity index is 1330. The number of hydrogen-bond donors (Lipinski definition) is 1. The van der Waals surface area contributed by atoms with E-state index >= 15 is 0 Å². The van der Waals surface area contributed by atoms with Crippen LogP contribution in [0.5, 0.6) is 0 Å². The van der Waals surface area contributed by atoms with Gasteiger partial charge in [-0.2, -0.15) is 5.26 Å². The first-order valence-corrected chi connectivity index (χ1v) is 13.1. The maximum atomic E-state index is 14.1. The predicted octanol–water partition coefficient (Wildman–Crippen LogP) is 4.36. The molecule has 2 saturated heterocycles. The van der Waals surface area contributed by atoms with Gasteiger partial charge in [0, 0.05) is 62.0 Å². The summed E-state index contributed by atoms with van der Waals surface area (Å²) in [5.74, 6) is -0.726. The van der Waals surface area contributed by atoms with Crippen LogP contribution in [0.15, 0.2) is 60.9 Å². The molecule has 1 amide bonds. The van der Waals surface area contributed by atoms with Gasteiger partial charge >= 0.3 is 0 Å². The lowest BCUT2D eigenvalue weighted by Gasteiger charge is -2.48. The summed E-state index contributed by atoms with van der Waals surface area (Å²) >= 11 is 6.08. The summed E-state index contributed by atoms with van der Waals surface area (Å²) in [4.78, 5) is 26.9. The molecule has 4 heterocycles. The highest BCUT2D eigenvalue weighted by atomic mass is 35.5. The second-order valence-corrected chi connectivity index (χ2v) is 10.9. The smallest absolute Gasteiger partial charge is 0.228 e. The number of aromatic nitrogens is 2. The first-order chi connectivity index (χ1) is 18.2. The van der Waals surface area contributed by atoms with Gasteiger partial charge < -0.3 is 14.9 Å². The van der Waals surface area contributed by atoms with Crippen LogP contribution in [0, 0.1) is 34.9 Å². The van der Waals surface area contributed by atoms with Crippen LogP contribution < -0.4 is 4.90 Å². The highest BCUT2D eigenvalue weighted by Gasteiger charge is 2.49. The highest BCUT2D eigenvalue weighted by Crippen LogP contribution is 2.43. The molecule has 0 radical (unpaired) electrons. The largest absolute Gasteiger partial charge is 0.384 e. The quantitative estimate of drug-likeness (QED) is 0.535. The van der Waals surface area contributed by atoms with Crippen LogP contribution in [0.3, 0.4) is 0 Å². The van der Waals surface area contributed by atoms with Gasteiger partial charge in [-0.3, -0.25) is 9.78 Å². The van der Waals surface area contributed by atoms with Gasteiger partial charge in [0.05, 0.1) is 22.1 Å². The lowest BCUT2D eigenvalue weighted by atomic mass is 9.70. The minimum absolute atomic E-state index is 0.00255. The van der Waals surface area contributed by atoms with E-state index < -0.39 is 5.60 Å². The number of carbonyl (C=O) groups is 1. The number of amides is 1. The topological polar surface area (TPSA) is 93.4 Å². The Morgan fingerprint density at radius 3 is 2.32 bits per heavy atom. The zero-order chi connectivity index (χ0) is 27.0. The van der Waals surface area contributed by atoms with Crippen molar-refractivity contribution < 1.29 is 14.3 Å². The molecule has 196 valence electrons. The molecule has 1 aromatic carbocycles. The van der Waals surface area contributed by atoms with Crippen LogP contribution in [0.25, 0.3) is 0 Å². The molecule has 1 N–H and O–H groups in total. The van der Waals surface area contributed by atoms with Crippen molar-refractivity contribution in [2.45, 2.75) is 25.4 Å². The van der Waals surface area contributed by atoms with Crippen molar-refractivity contribution in [1.29, 1.82) is 5.26 Å². The second-order valence-electron chi connectivity index (χ2n) is 10.4. The fraction of sp³-hybridized carbons (Fsp3) is 0.379. The van der Waals surface area contributed by atoms with Crippen LogP contribution in [-0.4, -0.2) is 52.1 Å². The summed E-state index contributed by atoms with van der Waals surface area (Å²) in [5.41, 5.74) is 0.745. The summed E-state index contributed by atoms with van der Waals surface area (Å²) in [5, 5.41) is 21.4. The van der Waals surface area contributed by atoms with Crippen molar-refractivity contribution in [2.24, 2.45) is 17.8 Å². The van der Waals surface area contributed by atoms with Crippen LogP contribution in [0.4, 0.5) is 10.2 Å². The van der Waals surface area contributed by atoms with Gasteiger partial charge in [0.15, 0.2) is 0 Å². The van der Waals surface area contributed by atoms with E-state index in [0.29, 0.717) is 48.1 Å². The van der Waals surface area contributed by atoms with E-state index in [0.717, 1.165) is 5.69 Å². The number of anilines is 1. The van der Waals surface area contributed by atoms with E-state index in [1.165, 1.54) is 18.3 Å². The molecule has 1 unspecified atom stereocenters. The molecule has 3 aromatic rings. The molecular weight excluding hydrogens is 505 g/mol. The maximum absolute atomic E-state index is 14.1. The average Bonchev–Trinajstić information content (AvgIpc) is 3.37. The van der Waals surface area contributed by atoms with Gasteiger partial charge in [0.25, 0.3) is 0 Å². The molecule has 7 nitrogen and oxygen atoms in total. The number of nitrogens with zero attached hydrogens (tertiary/aromatic N) is 5. The third-order valence-corrected chi connectivity index (χ3v) is 8.30. The zero-order valence-electron chi connectivity index (χ0n) is 21.3. The highest BCUT2D eigenvalue weighted by molar-refractivity contribution is 6.30. The van der Waals surface area contributed by atoms with Gasteiger partial charge in [0.2, 0.25) is 5.91 Å². The van der Waals surface area contributed by atoms with Gasteiger partial charge in [-0.25, -0.2) is 9.37 Å². The number of carbonyl (C=O) groups excluding carboxylic acids is 1. The van der Waals surface area contributed by atoms with Crippen molar-refractivity contribution >= 4 is 23.3 Å². The number of benzene rings is 1. The Labute approximate surface area is 226 Å². The molecule has 5 rings (SSSR count). The number of rotatable bonds is 4. The number of nitriles is 1. The van der Waals surface area contributed by atoms with E-state index in [9.17, 15) is 14.3 Å². The molecule has 0 spiro atoms. The summed E-state index contributed by atoms with van der Waals surface area (Å²) in [6, 6.07) is 15.2. The fourth-order valence-electron chi connectivity index (χ4n) is 5.99. The maximum Gasteiger partial charge on any atom is 0.228 e. The van der Waals surface area contributed by atoms with E-state index in [2.05, 4.69) is 20.9 Å². The van der Waals surface area contributed by atoms with Gasteiger partial charge in [-0.05, 0) is 42.0 Å². The molecule has 0 saturated carbocycles. The Balaban J connectivity index is 1.40. The lowest BCUT2D eigenvalue weighted by molar-refractivity contribution is -0.152. The Morgan fingerprint density at radius 2 is 1.74 bits per heavy atom. The van der Waals surface area contributed by atoms with Crippen LogP contribution in [0.1, 0.15) is 36.6 Å². The first kappa shape index (κ1) is 26.1. The molecule has 0 bridgehead atoms. The summed E-state index contributed by atoms with van der Waals surface area (Å²) in [6.07, 6.45) is 3.12. The molecule has 2 fully saturated rings.